The molecule has 3 rings (SSSR count). The molecule has 0 spiro atoms. The van der Waals surface area contributed by atoms with E-state index in [0.717, 1.165) is 61.6 Å². The number of nitrogens with zero attached hydrogens (tertiary/aromatic N) is 1. The summed E-state index contributed by atoms with van der Waals surface area (Å²) in [5.41, 5.74) is 2.20. The molecule has 2 atom stereocenters. The van der Waals surface area contributed by atoms with Gasteiger partial charge in [-0.2, -0.15) is 11.8 Å². The van der Waals surface area contributed by atoms with Crippen molar-refractivity contribution in [2.45, 2.75) is 122 Å². The van der Waals surface area contributed by atoms with Crippen LogP contribution < -0.4 is 10.6 Å². The minimum atomic E-state index is -0.771. The Morgan fingerprint density at radius 3 is 2.18 bits per heavy atom. The van der Waals surface area contributed by atoms with Crippen molar-refractivity contribution in [1.29, 1.82) is 0 Å². The number of carbonyl (C=O) groups excluding carboxylic acids is 3. The van der Waals surface area contributed by atoms with Gasteiger partial charge in [0, 0.05) is 12.1 Å². The Bertz CT molecular complexity index is 946. The van der Waals surface area contributed by atoms with E-state index >= 15 is 0 Å². The van der Waals surface area contributed by atoms with Crippen LogP contribution in [0.5, 0.6) is 0 Å². The predicted octanol–water partition coefficient (Wildman–Crippen LogP) is 5.82. The zero-order valence-electron chi connectivity index (χ0n) is 24.1. The molecule has 0 radical (unpaired) electrons. The lowest BCUT2D eigenvalue weighted by atomic mass is 9.85. The van der Waals surface area contributed by atoms with Gasteiger partial charge in [-0.3, -0.25) is 9.59 Å². The van der Waals surface area contributed by atoms with Gasteiger partial charge in [-0.1, -0.05) is 37.5 Å². The van der Waals surface area contributed by atoms with Gasteiger partial charge in [0.05, 0.1) is 0 Å². The molecule has 0 saturated heterocycles. The standard InChI is InChI=1S/C30H47N3O4S/c1-20-12-10-13-21(2)25(20)26(27(34)31-22-14-8-7-9-15-22)33(23-16-11-17-23)28(35)24(18-19-38-6)32-29(36)37-30(3,4)5/h10,12-13,22-24,26H,7-9,11,14-19H2,1-6H3,(H,31,34)(H,32,36). The van der Waals surface area contributed by atoms with E-state index in [-0.39, 0.29) is 23.9 Å². The lowest BCUT2D eigenvalue weighted by Crippen LogP contribution is -2.58. The number of carbonyl (C=O) groups is 3. The highest BCUT2D eigenvalue weighted by Gasteiger charge is 2.43. The summed E-state index contributed by atoms with van der Waals surface area (Å²) in [5, 5.41) is 6.17. The average Bonchev–Trinajstić information content (AvgIpc) is 2.80. The summed E-state index contributed by atoms with van der Waals surface area (Å²) >= 11 is 1.62. The van der Waals surface area contributed by atoms with Gasteiger partial charge in [0.25, 0.3) is 0 Å². The quantitative estimate of drug-likeness (QED) is 0.387. The number of thioether (sulfide) groups is 1. The molecule has 2 saturated carbocycles. The van der Waals surface area contributed by atoms with E-state index in [1.807, 2.05) is 38.3 Å². The second-order valence-corrected chi connectivity index (χ2v) is 12.8. The van der Waals surface area contributed by atoms with Gasteiger partial charge in [-0.15, -0.1) is 0 Å². The molecule has 212 valence electrons. The summed E-state index contributed by atoms with van der Waals surface area (Å²) in [5.74, 6) is 0.379. The summed E-state index contributed by atoms with van der Waals surface area (Å²) in [6, 6.07) is 4.59. The molecular weight excluding hydrogens is 498 g/mol. The molecule has 1 aromatic rings. The van der Waals surface area contributed by atoms with Crippen molar-refractivity contribution in [1.82, 2.24) is 15.5 Å². The summed E-state index contributed by atoms with van der Waals surface area (Å²) in [7, 11) is 0. The maximum Gasteiger partial charge on any atom is 0.408 e. The molecular formula is C30H47N3O4S. The highest BCUT2D eigenvalue weighted by atomic mass is 32.2. The van der Waals surface area contributed by atoms with Gasteiger partial charge >= 0.3 is 6.09 Å². The van der Waals surface area contributed by atoms with Gasteiger partial charge in [0.15, 0.2) is 0 Å². The smallest absolute Gasteiger partial charge is 0.408 e. The third kappa shape index (κ3) is 8.14. The van der Waals surface area contributed by atoms with Crippen LogP contribution >= 0.6 is 11.8 Å². The van der Waals surface area contributed by atoms with Gasteiger partial charge in [-0.05, 0) is 102 Å². The van der Waals surface area contributed by atoms with Crippen LogP contribution in [-0.2, 0) is 14.3 Å². The summed E-state index contributed by atoms with van der Waals surface area (Å²) in [4.78, 5) is 43.1. The van der Waals surface area contributed by atoms with Crippen LogP contribution in [0.2, 0.25) is 0 Å². The lowest BCUT2D eigenvalue weighted by Gasteiger charge is -2.44. The van der Waals surface area contributed by atoms with Crippen molar-refractivity contribution in [3.8, 4) is 0 Å². The van der Waals surface area contributed by atoms with Crippen molar-refractivity contribution in [3.63, 3.8) is 0 Å². The number of hydrogen-bond acceptors (Lipinski definition) is 5. The Morgan fingerprint density at radius 1 is 1.03 bits per heavy atom. The Hall–Kier alpha value is -2.22. The molecule has 2 fully saturated rings. The minimum absolute atomic E-state index is 0.0409. The van der Waals surface area contributed by atoms with Crippen LogP contribution in [0.4, 0.5) is 4.79 Å². The zero-order chi connectivity index (χ0) is 27.9. The number of hydrogen-bond donors (Lipinski definition) is 2. The predicted molar refractivity (Wildman–Crippen MR) is 154 cm³/mol. The van der Waals surface area contributed by atoms with E-state index in [4.69, 9.17) is 4.74 Å². The third-order valence-corrected chi connectivity index (χ3v) is 8.26. The maximum atomic E-state index is 14.4. The van der Waals surface area contributed by atoms with E-state index in [2.05, 4.69) is 10.6 Å². The summed E-state index contributed by atoms with van der Waals surface area (Å²) < 4.78 is 5.50. The highest BCUT2D eigenvalue weighted by molar-refractivity contribution is 7.98. The molecule has 2 aliphatic rings. The van der Waals surface area contributed by atoms with E-state index < -0.39 is 23.8 Å². The molecule has 7 nitrogen and oxygen atoms in total. The van der Waals surface area contributed by atoms with Crippen LogP contribution in [0.25, 0.3) is 0 Å². The first-order valence-electron chi connectivity index (χ1n) is 14.2. The first kappa shape index (κ1) is 30.3. The Balaban J connectivity index is 2.00. The number of rotatable bonds is 10. The summed E-state index contributed by atoms with van der Waals surface area (Å²) in [6.45, 7) is 9.43. The Morgan fingerprint density at radius 2 is 1.66 bits per heavy atom. The van der Waals surface area contributed by atoms with E-state index in [9.17, 15) is 14.4 Å². The normalized spacial score (nSPS) is 18.2. The number of amides is 3. The average molecular weight is 546 g/mol. The fourth-order valence-electron chi connectivity index (χ4n) is 5.49. The molecule has 0 heterocycles. The number of benzene rings is 1. The molecule has 0 aromatic heterocycles. The summed E-state index contributed by atoms with van der Waals surface area (Å²) in [6.07, 6.45) is 9.93. The topological polar surface area (TPSA) is 87.7 Å². The fraction of sp³-hybridized carbons (Fsp3) is 0.700. The van der Waals surface area contributed by atoms with Crippen molar-refractivity contribution < 1.29 is 19.1 Å². The maximum absolute atomic E-state index is 14.4. The molecule has 0 bridgehead atoms. The van der Waals surface area contributed by atoms with E-state index in [1.165, 1.54) is 6.42 Å². The van der Waals surface area contributed by atoms with Crippen LogP contribution in [0.3, 0.4) is 0 Å². The van der Waals surface area contributed by atoms with Crippen molar-refractivity contribution in [3.05, 3.63) is 34.9 Å². The first-order valence-corrected chi connectivity index (χ1v) is 15.6. The van der Waals surface area contributed by atoms with E-state index in [1.54, 1.807) is 37.4 Å². The molecule has 2 aliphatic carbocycles. The van der Waals surface area contributed by atoms with Crippen molar-refractivity contribution >= 4 is 29.7 Å². The number of alkyl carbamates (subject to hydrolysis) is 1. The molecule has 1 aromatic carbocycles. The Labute approximate surface area is 233 Å². The monoisotopic (exact) mass is 545 g/mol. The van der Waals surface area contributed by atoms with Gasteiger partial charge in [0.1, 0.15) is 17.7 Å². The molecule has 38 heavy (non-hydrogen) atoms. The second kappa shape index (κ2) is 13.7. The highest BCUT2D eigenvalue weighted by Crippen LogP contribution is 2.36. The number of nitrogens with one attached hydrogen (secondary N) is 2. The first-order chi connectivity index (χ1) is 18.0. The van der Waals surface area contributed by atoms with Crippen LogP contribution in [-0.4, -0.2) is 58.5 Å². The number of aryl methyl sites for hydroxylation is 2. The van der Waals surface area contributed by atoms with Gasteiger partial charge in [-0.25, -0.2) is 4.79 Å². The lowest BCUT2D eigenvalue weighted by molar-refractivity contribution is -0.147. The molecule has 2 unspecified atom stereocenters. The largest absolute Gasteiger partial charge is 0.444 e. The number of ether oxygens (including phenoxy) is 1. The SMILES string of the molecule is CSCCC(NC(=O)OC(C)(C)C)C(=O)N(C1CCC1)C(C(=O)NC1CCCCC1)c1c(C)cccc1C. The van der Waals surface area contributed by atoms with Gasteiger partial charge < -0.3 is 20.3 Å². The Kier molecular flexibility index (Phi) is 10.9. The molecule has 8 heteroatoms. The van der Waals surface area contributed by atoms with Crippen molar-refractivity contribution in [2.24, 2.45) is 0 Å². The third-order valence-electron chi connectivity index (χ3n) is 7.62. The fourth-order valence-corrected chi connectivity index (χ4v) is 5.96. The van der Waals surface area contributed by atoms with Gasteiger partial charge in [0.2, 0.25) is 11.8 Å². The van der Waals surface area contributed by atoms with Crippen LogP contribution in [0, 0.1) is 13.8 Å². The molecule has 0 aliphatic heterocycles. The minimum Gasteiger partial charge on any atom is -0.444 e. The second-order valence-electron chi connectivity index (χ2n) is 11.9. The zero-order valence-corrected chi connectivity index (χ0v) is 24.9. The van der Waals surface area contributed by atoms with Crippen LogP contribution in [0.15, 0.2) is 18.2 Å². The van der Waals surface area contributed by atoms with E-state index in [0.29, 0.717) is 12.2 Å². The molecule has 2 N–H and O–H groups in total. The molecule has 3 amide bonds. The van der Waals surface area contributed by atoms with Crippen LogP contribution in [0.1, 0.15) is 101 Å². The van der Waals surface area contributed by atoms with Crippen molar-refractivity contribution in [2.75, 3.05) is 12.0 Å².